The molecule has 0 unspecified atom stereocenters. The third-order valence-corrected chi connectivity index (χ3v) is 5.56. The number of hydrogen-bond acceptors (Lipinski definition) is 3. The van der Waals surface area contributed by atoms with E-state index >= 15 is 0 Å². The van der Waals surface area contributed by atoms with E-state index in [9.17, 15) is 31.5 Å². The van der Waals surface area contributed by atoms with E-state index in [1.165, 1.54) is 30.0 Å². The molecule has 0 aliphatic carbocycles. The summed E-state index contributed by atoms with van der Waals surface area (Å²) >= 11 is 0. The number of halogens is 5. The van der Waals surface area contributed by atoms with E-state index in [1.54, 1.807) is 0 Å². The Morgan fingerprint density at radius 1 is 1.09 bits per heavy atom. The van der Waals surface area contributed by atoms with Crippen LogP contribution in [0, 0.1) is 17.6 Å². The van der Waals surface area contributed by atoms with Crippen LogP contribution in [0.3, 0.4) is 0 Å². The highest BCUT2D eigenvalue weighted by molar-refractivity contribution is 5.95. The number of hydrogen-bond donors (Lipinski definition) is 0. The molecule has 0 spiro atoms. The Hall–Kier alpha value is -3.23. The van der Waals surface area contributed by atoms with Gasteiger partial charge in [-0.25, -0.2) is 13.6 Å². The molecule has 0 N–H and O–H groups in total. The second-order valence-corrected chi connectivity index (χ2v) is 8.60. The second-order valence-electron chi connectivity index (χ2n) is 8.60. The number of rotatable bonds is 6. The van der Waals surface area contributed by atoms with Crippen LogP contribution in [0.1, 0.15) is 49.8 Å². The van der Waals surface area contributed by atoms with Gasteiger partial charge in [0.15, 0.2) is 11.6 Å². The van der Waals surface area contributed by atoms with Gasteiger partial charge < -0.3 is 9.64 Å². The van der Waals surface area contributed by atoms with Gasteiger partial charge in [0.2, 0.25) is 5.91 Å². The smallest absolute Gasteiger partial charge is 0.416 e. The van der Waals surface area contributed by atoms with Gasteiger partial charge in [-0.1, -0.05) is 32.0 Å². The van der Waals surface area contributed by atoms with Gasteiger partial charge in [0.05, 0.1) is 24.3 Å². The van der Waals surface area contributed by atoms with Gasteiger partial charge in [0, 0.05) is 18.0 Å². The van der Waals surface area contributed by atoms with Gasteiger partial charge in [-0.3, -0.25) is 4.79 Å². The zero-order valence-corrected chi connectivity index (χ0v) is 18.9. The average Bonchev–Trinajstić information content (AvgIpc) is 2.76. The van der Waals surface area contributed by atoms with Crippen LogP contribution >= 0.6 is 0 Å². The minimum Gasteiger partial charge on any atom is -0.462 e. The Bertz CT molecular complexity index is 1110. The molecule has 0 bridgehead atoms. The zero-order valence-electron chi connectivity index (χ0n) is 18.9. The molecule has 9 heteroatoms. The minimum absolute atomic E-state index is 0.0397. The number of carbonyl (C=O) groups is 2. The van der Waals surface area contributed by atoms with Crippen molar-refractivity contribution in [3.05, 3.63) is 82.1 Å². The Morgan fingerprint density at radius 3 is 2.29 bits per heavy atom. The summed E-state index contributed by atoms with van der Waals surface area (Å²) in [5.41, 5.74) is 0.226. The van der Waals surface area contributed by atoms with Crippen molar-refractivity contribution < 1.29 is 36.3 Å². The first-order valence-electron chi connectivity index (χ1n) is 10.7. The number of esters is 1. The minimum atomic E-state index is -4.52. The van der Waals surface area contributed by atoms with Crippen LogP contribution in [0.15, 0.2) is 53.7 Å². The molecule has 0 saturated heterocycles. The molecule has 182 valence electrons. The van der Waals surface area contributed by atoms with Crippen LogP contribution in [0.4, 0.5) is 22.0 Å². The summed E-state index contributed by atoms with van der Waals surface area (Å²) in [6, 6.07) is 7.54. The van der Waals surface area contributed by atoms with E-state index in [0.717, 1.165) is 24.3 Å². The summed E-state index contributed by atoms with van der Waals surface area (Å²) in [5.74, 6) is -3.95. The fourth-order valence-corrected chi connectivity index (χ4v) is 3.80. The molecular formula is C25H24F5NO3. The molecule has 2 aromatic rings. The summed E-state index contributed by atoms with van der Waals surface area (Å²) in [7, 11) is 0. The van der Waals surface area contributed by atoms with Crippen molar-refractivity contribution in [2.75, 3.05) is 6.61 Å². The predicted molar refractivity (Wildman–Crippen MR) is 114 cm³/mol. The SMILES string of the molecule is CC1=C(C(=O)OCC(C)C)[C@@H](c2ccc(C(F)(F)F)cc2)CC(=O)N1Cc1ccc(F)c(F)c1. The molecule has 0 saturated carbocycles. The number of nitrogens with zero attached hydrogens (tertiary/aromatic N) is 1. The Labute approximate surface area is 194 Å². The number of alkyl halides is 3. The van der Waals surface area contributed by atoms with Gasteiger partial charge in [0.1, 0.15) is 0 Å². The lowest BCUT2D eigenvalue weighted by Gasteiger charge is -2.34. The molecule has 1 amide bonds. The summed E-state index contributed by atoms with van der Waals surface area (Å²) in [6.45, 7) is 5.23. The fraction of sp³-hybridized carbons (Fsp3) is 0.360. The van der Waals surface area contributed by atoms with Crippen LogP contribution in [-0.4, -0.2) is 23.4 Å². The molecule has 0 aromatic heterocycles. The molecule has 1 aliphatic heterocycles. The number of benzene rings is 2. The summed E-state index contributed by atoms with van der Waals surface area (Å²) in [5, 5.41) is 0. The Morgan fingerprint density at radius 2 is 1.74 bits per heavy atom. The highest BCUT2D eigenvalue weighted by Crippen LogP contribution is 2.39. The predicted octanol–water partition coefficient (Wildman–Crippen LogP) is 5.97. The van der Waals surface area contributed by atoms with Gasteiger partial charge in [-0.2, -0.15) is 13.2 Å². The van der Waals surface area contributed by atoms with Crippen molar-refractivity contribution in [3.63, 3.8) is 0 Å². The zero-order chi connectivity index (χ0) is 25.2. The van der Waals surface area contributed by atoms with E-state index in [0.29, 0.717) is 11.1 Å². The number of carbonyl (C=O) groups excluding carboxylic acids is 2. The van der Waals surface area contributed by atoms with Crippen LogP contribution in [0.2, 0.25) is 0 Å². The first-order valence-corrected chi connectivity index (χ1v) is 10.7. The molecule has 1 atom stereocenters. The first kappa shape index (κ1) is 25.4. The van der Waals surface area contributed by atoms with Gasteiger partial charge in [-0.05, 0) is 48.2 Å². The lowest BCUT2D eigenvalue weighted by Crippen LogP contribution is -2.38. The number of allylic oxidation sites excluding steroid dienone is 1. The highest BCUT2D eigenvalue weighted by Gasteiger charge is 2.38. The highest BCUT2D eigenvalue weighted by atomic mass is 19.4. The van der Waals surface area contributed by atoms with Crippen LogP contribution in [0.5, 0.6) is 0 Å². The lowest BCUT2D eigenvalue weighted by atomic mass is 9.83. The Balaban J connectivity index is 2.01. The van der Waals surface area contributed by atoms with Crippen molar-refractivity contribution in [1.82, 2.24) is 4.90 Å². The number of amides is 1. The second kappa shape index (κ2) is 9.95. The molecular weight excluding hydrogens is 457 g/mol. The van der Waals surface area contributed by atoms with E-state index in [-0.39, 0.29) is 36.8 Å². The molecule has 0 radical (unpaired) electrons. The number of ether oxygens (including phenoxy) is 1. The molecule has 34 heavy (non-hydrogen) atoms. The van der Waals surface area contributed by atoms with E-state index in [4.69, 9.17) is 4.74 Å². The maximum Gasteiger partial charge on any atom is 0.416 e. The van der Waals surface area contributed by atoms with Gasteiger partial charge >= 0.3 is 12.1 Å². The first-order chi connectivity index (χ1) is 15.9. The van der Waals surface area contributed by atoms with Crippen LogP contribution in [-0.2, 0) is 27.0 Å². The summed E-state index contributed by atoms with van der Waals surface area (Å²) in [6.07, 6.45) is -4.72. The molecule has 1 aliphatic rings. The van der Waals surface area contributed by atoms with Gasteiger partial charge in [-0.15, -0.1) is 0 Å². The topological polar surface area (TPSA) is 46.6 Å². The van der Waals surface area contributed by atoms with Crippen molar-refractivity contribution in [3.8, 4) is 0 Å². The largest absolute Gasteiger partial charge is 0.462 e. The van der Waals surface area contributed by atoms with Crippen LogP contribution in [0.25, 0.3) is 0 Å². The van der Waals surface area contributed by atoms with Crippen molar-refractivity contribution in [1.29, 1.82) is 0 Å². The summed E-state index contributed by atoms with van der Waals surface area (Å²) < 4.78 is 71.3. The lowest BCUT2D eigenvalue weighted by molar-refractivity contribution is -0.141. The third kappa shape index (κ3) is 5.63. The van der Waals surface area contributed by atoms with Crippen molar-refractivity contribution >= 4 is 11.9 Å². The van der Waals surface area contributed by atoms with E-state index in [2.05, 4.69) is 0 Å². The van der Waals surface area contributed by atoms with E-state index in [1.807, 2.05) is 13.8 Å². The maximum absolute atomic E-state index is 13.7. The quantitative estimate of drug-likeness (QED) is 0.377. The van der Waals surface area contributed by atoms with Gasteiger partial charge in [0.25, 0.3) is 0 Å². The monoisotopic (exact) mass is 481 g/mol. The summed E-state index contributed by atoms with van der Waals surface area (Å²) in [4.78, 5) is 27.3. The molecule has 3 rings (SSSR count). The normalized spacial score (nSPS) is 16.9. The Kier molecular flexibility index (Phi) is 7.43. The molecule has 2 aromatic carbocycles. The maximum atomic E-state index is 13.7. The van der Waals surface area contributed by atoms with Crippen molar-refractivity contribution in [2.45, 2.75) is 45.8 Å². The third-order valence-electron chi connectivity index (χ3n) is 5.56. The van der Waals surface area contributed by atoms with Crippen molar-refractivity contribution in [2.24, 2.45) is 5.92 Å². The fourth-order valence-electron chi connectivity index (χ4n) is 3.80. The molecule has 4 nitrogen and oxygen atoms in total. The average molecular weight is 481 g/mol. The molecule has 0 fully saturated rings. The standard InChI is InChI=1S/C25H24F5NO3/c1-14(2)13-34-24(33)23-15(3)31(12-16-4-9-20(26)21(27)10-16)22(32)11-19(23)17-5-7-18(8-6-17)25(28,29)30/h4-10,14,19H,11-13H2,1-3H3/t19-/m1/s1. The molecule has 1 heterocycles. The van der Waals surface area contributed by atoms with E-state index < -0.39 is 41.2 Å². The van der Waals surface area contributed by atoms with Crippen LogP contribution < -0.4 is 0 Å².